The number of aromatic nitrogens is 1. The van der Waals surface area contributed by atoms with Crippen molar-refractivity contribution in [3.05, 3.63) is 30.1 Å². The van der Waals surface area contributed by atoms with Gasteiger partial charge in [-0.25, -0.2) is 0 Å². The van der Waals surface area contributed by atoms with Gasteiger partial charge in [0.25, 0.3) is 0 Å². The molecule has 1 unspecified atom stereocenters. The fraction of sp³-hybridized carbons (Fsp3) is 0.571. The van der Waals surface area contributed by atoms with E-state index in [1.165, 1.54) is 5.56 Å². The maximum atomic E-state index is 10.8. The molecule has 5 heteroatoms. The number of pyridine rings is 1. The molecule has 5 nitrogen and oxygen atoms in total. The lowest BCUT2D eigenvalue weighted by Gasteiger charge is -2.27. The van der Waals surface area contributed by atoms with E-state index >= 15 is 0 Å². The van der Waals surface area contributed by atoms with Crippen molar-refractivity contribution in [1.82, 2.24) is 14.8 Å². The van der Waals surface area contributed by atoms with Gasteiger partial charge in [0.05, 0.1) is 6.54 Å². The molecule has 1 aromatic rings. The van der Waals surface area contributed by atoms with Crippen LogP contribution < -0.4 is 0 Å². The van der Waals surface area contributed by atoms with Crippen molar-refractivity contribution in [2.24, 2.45) is 0 Å². The summed E-state index contributed by atoms with van der Waals surface area (Å²) in [6.45, 7) is 5.92. The molecule has 19 heavy (non-hydrogen) atoms. The van der Waals surface area contributed by atoms with Crippen molar-refractivity contribution in [3.63, 3.8) is 0 Å². The molecule has 0 aliphatic carbocycles. The molecule has 2 heterocycles. The number of hydrogen-bond donors (Lipinski definition) is 1. The molecule has 1 aliphatic heterocycles. The predicted octanol–water partition coefficient (Wildman–Crippen LogP) is 1.23. The van der Waals surface area contributed by atoms with Crippen molar-refractivity contribution in [3.8, 4) is 0 Å². The normalized spacial score (nSPS) is 19.8. The molecule has 1 aromatic heterocycles. The summed E-state index contributed by atoms with van der Waals surface area (Å²) in [5, 5.41) is 8.85. The van der Waals surface area contributed by atoms with Crippen LogP contribution in [0.15, 0.2) is 24.5 Å². The molecule has 0 spiro atoms. The Morgan fingerprint density at radius 1 is 1.42 bits per heavy atom. The molecule has 0 bridgehead atoms. The summed E-state index contributed by atoms with van der Waals surface area (Å²) in [6.07, 6.45) is 4.70. The van der Waals surface area contributed by atoms with Crippen LogP contribution in [0.5, 0.6) is 0 Å². The average molecular weight is 263 g/mol. The van der Waals surface area contributed by atoms with Crippen molar-refractivity contribution in [2.45, 2.75) is 19.4 Å². The molecule has 1 aliphatic rings. The molecule has 1 saturated heterocycles. The van der Waals surface area contributed by atoms with Crippen molar-refractivity contribution >= 4 is 5.97 Å². The second-order valence-corrected chi connectivity index (χ2v) is 5.02. The first-order valence-corrected chi connectivity index (χ1v) is 6.75. The smallest absolute Gasteiger partial charge is 0.317 e. The molecule has 0 aromatic carbocycles. The Hall–Kier alpha value is -1.46. The van der Waals surface area contributed by atoms with Crippen LogP contribution in [-0.2, 0) is 4.79 Å². The van der Waals surface area contributed by atoms with E-state index < -0.39 is 5.97 Å². The zero-order valence-electron chi connectivity index (χ0n) is 11.3. The van der Waals surface area contributed by atoms with E-state index in [1.54, 1.807) is 6.20 Å². The number of carbonyl (C=O) groups is 1. The summed E-state index contributed by atoms with van der Waals surface area (Å²) in [5.74, 6) is -0.742. The first-order valence-electron chi connectivity index (χ1n) is 6.75. The van der Waals surface area contributed by atoms with Gasteiger partial charge in [0.15, 0.2) is 0 Å². The predicted molar refractivity (Wildman–Crippen MR) is 72.9 cm³/mol. The summed E-state index contributed by atoms with van der Waals surface area (Å²) in [4.78, 5) is 19.3. The van der Waals surface area contributed by atoms with Gasteiger partial charge < -0.3 is 5.11 Å². The summed E-state index contributed by atoms with van der Waals surface area (Å²) < 4.78 is 0. The highest BCUT2D eigenvalue weighted by Crippen LogP contribution is 2.20. The third kappa shape index (κ3) is 4.01. The van der Waals surface area contributed by atoms with Gasteiger partial charge in [-0.15, -0.1) is 0 Å². The Labute approximate surface area is 113 Å². The Bertz CT molecular complexity index is 410. The van der Waals surface area contributed by atoms with Gasteiger partial charge in [0, 0.05) is 44.6 Å². The second kappa shape index (κ2) is 6.63. The van der Waals surface area contributed by atoms with E-state index in [0.29, 0.717) is 6.04 Å². The van der Waals surface area contributed by atoms with Gasteiger partial charge in [-0.05, 0) is 25.0 Å². The molecule has 1 atom stereocenters. The fourth-order valence-electron chi connectivity index (χ4n) is 2.56. The largest absolute Gasteiger partial charge is 0.480 e. The molecule has 1 fully saturated rings. The van der Waals surface area contributed by atoms with E-state index in [9.17, 15) is 4.79 Å². The summed E-state index contributed by atoms with van der Waals surface area (Å²) in [7, 11) is 0. The highest BCUT2D eigenvalue weighted by atomic mass is 16.4. The topological polar surface area (TPSA) is 56.7 Å². The monoisotopic (exact) mass is 263 g/mol. The van der Waals surface area contributed by atoms with Gasteiger partial charge >= 0.3 is 5.97 Å². The quantitative estimate of drug-likeness (QED) is 0.885. The number of hydrogen-bond acceptors (Lipinski definition) is 4. The highest BCUT2D eigenvalue weighted by molar-refractivity contribution is 5.69. The molecule has 104 valence electrons. The van der Waals surface area contributed by atoms with Gasteiger partial charge in [-0.3, -0.25) is 19.6 Å². The van der Waals surface area contributed by atoms with Crippen molar-refractivity contribution < 1.29 is 9.90 Å². The zero-order chi connectivity index (χ0) is 13.7. The van der Waals surface area contributed by atoms with E-state index in [2.05, 4.69) is 22.9 Å². The Morgan fingerprint density at radius 2 is 2.26 bits per heavy atom. The van der Waals surface area contributed by atoms with Crippen LogP contribution in [0.1, 0.15) is 24.9 Å². The number of nitrogens with zero attached hydrogens (tertiary/aromatic N) is 3. The molecule has 0 saturated carbocycles. The third-order valence-corrected chi connectivity index (χ3v) is 3.70. The first kappa shape index (κ1) is 14.0. The number of aliphatic carboxylic acids is 1. The average Bonchev–Trinajstić information content (AvgIpc) is 2.64. The Balaban J connectivity index is 1.93. The Kier molecular flexibility index (Phi) is 4.87. The van der Waals surface area contributed by atoms with Gasteiger partial charge in [-0.2, -0.15) is 0 Å². The van der Waals surface area contributed by atoms with Crippen LogP contribution in [0.3, 0.4) is 0 Å². The lowest BCUT2D eigenvalue weighted by molar-refractivity contribution is -0.138. The van der Waals surface area contributed by atoms with E-state index in [-0.39, 0.29) is 6.54 Å². The van der Waals surface area contributed by atoms with Crippen molar-refractivity contribution in [2.75, 3.05) is 32.7 Å². The van der Waals surface area contributed by atoms with Crippen LogP contribution in [0, 0.1) is 0 Å². The molecule has 1 N–H and O–H groups in total. The minimum atomic E-state index is -0.742. The lowest BCUT2D eigenvalue weighted by atomic mass is 10.1. The lowest BCUT2D eigenvalue weighted by Crippen LogP contribution is -2.35. The second-order valence-electron chi connectivity index (χ2n) is 5.02. The number of carboxylic acids is 1. The number of rotatable bonds is 4. The van der Waals surface area contributed by atoms with Gasteiger partial charge in [0.2, 0.25) is 0 Å². The fourth-order valence-corrected chi connectivity index (χ4v) is 2.56. The van der Waals surface area contributed by atoms with E-state index in [0.717, 1.165) is 32.6 Å². The standard InChI is InChI=1S/C14H21N3O2/c1-12(13-4-2-5-15-10-13)17-7-3-6-16(8-9-17)11-14(18)19/h2,4-5,10,12H,3,6-9,11H2,1H3,(H,18,19). The minimum absolute atomic E-state index is 0.148. The maximum Gasteiger partial charge on any atom is 0.317 e. The molecule has 0 radical (unpaired) electrons. The molecule has 2 rings (SSSR count). The SMILES string of the molecule is CC(c1cccnc1)N1CCCN(CC(=O)O)CC1. The van der Waals surface area contributed by atoms with E-state index in [1.807, 2.05) is 17.2 Å². The zero-order valence-corrected chi connectivity index (χ0v) is 11.3. The Morgan fingerprint density at radius 3 is 2.95 bits per heavy atom. The summed E-state index contributed by atoms with van der Waals surface area (Å²) in [6, 6.07) is 4.39. The van der Waals surface area contributed by atoms with Crippen molar-refractivity contribution in [1.29, 1.82) is 0 Å². The summed E-state index contributed by atoms with van der Waals surface area (Å²) >= 11 is 0. The third-order valence-electron chi connectivity index (χ3n) is 3.70. The molecular formula is C14H21N3O2. The van der Waals surface area contributed by atoms with E-state index in [4.69, 9.17) is 5.11 Å². The molecular weight excluding hydrogens is 242 g/mol. The van der Waals surface area contributed by atoms with Gasteiger partial charge in [-0.1, -0.05) is 6.07 Å². The number of carboxylic acid groups (broad SMARTS) is 1. The minimum Gasteiger partial charge on any atom is -0.480 e. The van der Waals surface area contributed by atoms with Crippen LogP contribution in [0.4, 0.5) is 0 Å². The summed E-state index contributed by atoms with van der Waals surface area (Å²) in [5.41, 5.74) is 1.22. The van der Waals surface area contributed by atoms with Crippen LogP contribution in [-0.4, -0.2) is 58.6 Å². The molecule has 0 amide bonds. The van der Waals surface area contributed by atoms with Crippen LogP contribution in [0.25, 0.3) is 0 Å². The highest BCUT2D eigenvalue weighted by Gasteiger charge is 2.21. The maximum absolute atomic E-state index is 10.8. The first-order chi connectivity index (χ1) is 9.16. The van der Waals surface area contributed by atoms with Gasteiger partial charge in [0.1, 0.15) is 0 Å². The van der Waals surface area contributed by atoms with Crippen LogP contribution in [0.2, 0.25) is 0 Å². The van der Waals surface area contributed by atoms with Crippen LogP contribution >= 0.6 is 0 Å².